The number of rotatable bonds is 7. The summed E-state index contributed by atoms with van der Waals surface area (Å²) >= 11 is 6.46. The third-order valence-electron chi connectivity index (χ3n) is 8.33. The Morgan fingerprint density at radius 2 is 2.07 bits per heavy atom. The molecule has 1 unspecified atom stereocenters. The van der Waals surface area contributed by atoms with Crippen LogP contribution in [0.25, 0.3) is 15.6 Å². The summed E-state index contributed by atoms with van der Waals surface area (Å²) in [7, 11) is 0. The van der Waals surface area contributed by atoms with Crippen LogP contribution in [0.1, 0.15) is 17.7 Å². The molecule has 2 fully saturated rings. The average Bonchev–Trinajstić information content (AvgIpc) is 3.54. The van der Waals surface area contributed by atoms with Gasteiger partial charge in [0.2, 0.25) is 6.54 Å². The van der Waals surface area contributed by atoms with Crippen molar-refractivity contribution in [2.45, 2.75) is 25.4 Å². The van der Waals surface area contributed by atoms with E-state index >= 15 is 0 Å². The smallest absolute Gasteiger partial charge is 0.318 e. The van der Waals surface area contributed by atoms with E-state index in [4.69, 9.17) is 37.6 Å². The molecule has 1 amide bonds. The first kappa shape index (κ1) is 29.1. The Morgan fingerprint density at radius 3 is 2.84 bits per heavy atom. The van der Waals surface area contributed by atoms with Crippen molar-refractivity contribution < 1.29 is 23.0 Å². The summed E-state index contributed by atoms with van der Waals surface area (Å²) < 4.78 is 39.9. The van der Waals surface area contributed by atoms with E-state index in [9.17, 15) is 13.6 Å². The molecular weight excluding hydrogens is 578 g/mol. The number of piperazine rings is 1. The largest absolute Gasteiger partial charge is 0.463 e. The fourth-order valence-electron chi connectivity index (χ4n) is 6.11. The molecule has 3 aromatic rings. The highest BCUT2D eigenvalue weighted by Crippen LogP contribution is 2.38. The zero-order valence-corrected chi connectivity index (χ0v) is 24.3. The summed E-state index contributed by atoms with van der Waals surface area (Å²) in [5, 5.41) is 1.58. The Balaban J connectivity index is 1.34. The second kappa shape index (κ2) is 12.3. The number of nitrogens with zero attached hydrogens (tertiary/aromatic N) is 6. The van der Waals surface area contributed by atoms with Gasteiger partial charge in [-0.3, -0.25) is 4.79 Å². The molecule has 0 spiro atoms. The topological polar surface area (TPSA) is 75.4 Å². The summed E-state index contributed by atoms with van der Waals surface area (Å²) in [4.78, 5) is 31.2. The number of ether oxygens (including phenoxy) is 2. The third-order valence-corrected chi connectivity index (χ3v) is 8.70. The number of carbonyl (C=O) groups excluding carboxylic acids is 1. The summed E-state index contributed by atoms with van der Waals surface area (Å²) in [6.07, 6.45) is 1.50. The molecule has 0 radical (unpaired) electrons. The van der Waals surface area contributed by atoms with Gasteiger partial charge in [-0.2, -0.15) is 9.97 Å². The molecule has 43 heavy (non-hydrogen) atoms. The lowest BCUT2D eigenvalue weighted by Crippen LogP contribution is -2.57. The van der Waals surface area contributed by atoms with Crippen molar-refractivity contribution in [3.05, 3.63) is 76.3 Å². The van der Waals surface area contributed by atoms with Gasteiger partial charge >= 0.3 is 6.01 Å². The average molecular weight is 609 g/mol. The molecule has 2 saturated heterocycles. The number of anilines is 2. The van der Waals surface area contributed by atoms with Gasteiger partial charge in [-0.25, -0.2) is 15.4 Å². The quantitative estimate of drug-likeness (QED) is 0.281. The molecule has 0 aliphatic carbocycles. The van der Waals surface area contributed by atoms with Crippen molar-refractivity contribution >= 4 is 39.8 Å². The molecular formula is C31H31ClF2N6O3. The Labute approximate surface area is 253 Å². The van der Waals surface area contributed by atoms with Gasteiger partial charge < -0.3 is 29.0 Å². The fraction of sp³-hybridized carbons (Fsp3) is 0.419. The molecule has 3 aliphatic heterocycles. The van der Waals surface area contributed by atoms with Crippen molar-refractivity contribution in [2.75, 3.05) is 62.3 Å². The number of fused-ring (bicyclic) bond motifs is 2. The minimum atomic E-state index is -1.04. The van der Waals surface area contributed by atoms with Gasteiger partial charge in [-0.1, -0.05) is 36.4 Å². The molecule has 2 atom stereocenters. The van der Waals surface area contributed by atoms with E-state index in [0.29, 0.717) is 63.6 Å². The zero-order chi connectivity index (χ0) is 30.1. The number of hydrogen-bond donors (Lipinski definition) is 0. The SMILES string of the molecule is [C-]#[N+]C[C@H]1CN(c2nc(OCC3CCOC3)nc3c2CCN(c2cccc4ccc(F)c(Cl)c24)C3)CCN1C(=O)C(=C)F. The summed E-state index contributed by atoms with van der Waals surface area (Å²) in [5.74, 6) is -1.37. The van der Waals surface area contributed by atoms with Gasteiger partial charge in [0.15, 0.2) is 5.83 Å². The van der Waals surface area contributed by atoms with E-state index in [1.807, 2.05) is 23.1 Å². The van der Waals surface area contributed by atoms with Crippen molar-refractivity contribution in [2.24, 2.45) is 5.92 Å². The third kappa shape index (κ3) is 5.82. The summed E-state index contributed by atoms with van der Waals surface area (Å²) in [6.45, 7) is 14.3. The van der Waals surface area contributed by atoms with Gasteiger partial charge in [-0.05, 0) is 30.4 Å². The molecule has 1 aromatic heterocycles. The second-order valence-corrected chi connectivity index (χ2v) is 11.4. The Morgan fingerprint density at radius 1 is 1.21 bits per heavy atom. The van der Waals surface area contributed by atoms with Gasteiger partial charge in [0.05, 0.1) is 30.5 Å². The van der Waals surface area contributed by atoms with E-state index in [0.717, 1.165) is 28.8 Å². The van der Waals surface area contributed by atoms with Crippen molar-refractivity contribution in [1.29, 1.82) is 0 Å². The van der Waals surface area contributed by atoms with Crippen LogP contribution < -0.4 is 14.5 Å². The maximum atomic E-state index is 14.5. The first-order valence-electron chi connectivity index (χ1n) is 14.3. The Hall–Kier alpha value is -4.01. The maximum absolute atomic E-state index is 14.5. The second-order valence-electron chi connectivity index (χ2n) is 11.0. The van der Waals surface area contributed by atoms with Crippen molar-refractivity contribution in [1.82, 2.24) is 14.9 Å². The van der Waals surface area contributed by atoms with Crippen LogP contribution in [-0.2, 0) is 22.5 Å². The first-order chi connectivity index (χ1) is 20.8. The highest BCUT2D eigenvalue weighted by atomic mass is 35.5. The van der Waals surface area contributed by atoms with Crippen LogP contribution in [0.3, 0.4) is 0 Å². The predicted octanol–water partition coefficient (Wildman–Crippen LogP) is 4.82. The van der Waals surface area contributed by atoms with Crippen LogP contribution in [0.15, 0.2) is 42.7 Å². The lowest BCUT2D eigenvalue weighted by Gasteiger charge is -2.41. The molecule has 0 saturated carbocycles. The number of aromatic nitrogens is 2. The predicted molar refractivity (Wildman–Crippen MR) is 160 cm³/mol. The van der Waals surface area contributed by atoms with Crippen LogP contribution in [-0.4, -0.2) is 79.4 Å². The fourth-order valence-corrected chi connectivity index (χ4v) is 6.38. The molecule has 12 heteroatoms. The van der Waals surface area contributed by atoms with Crippen LogP contribution in [0.4, 0.5) is 20.3 Å². The minimum absolute atomic E-state index is 0.0278. The van der Waals surface area contributed by atoms with Gasteiger partial charge in [-0.15, -0.1) is 0 Å². The van der Waals surface area contributed by atoms with E-state index in [1.165, 1.54) is 11.0 Å². The first-order valence-corrected chi connectivity index (χ1v) is 14.7. The van der Waals surface area contributed by atoms with E-state index < -0.39 is 23.6 Å². The summed E-state index contributed by atoms with van der Waals surface area (Å²) in [6, 6.07) is 8.57. The molecule has 224 valence electrons. The number of halogens is 3. The number of amides is 1. The zero-order valence-electron chi connectivity index (χ0n) is 23.6. The lowest BCUT2D eigenvalue weighted by atomic mass is 10.0. The molecule has 4 heterocycles. The molecule has 3 aliphatic rings. The number of carbonyl (C=O) groups is 1. The number of hydrogen-bond acceptors (Lipinski definition) is 7. The maximum Gasteiger partial charge on any atom is 0.318 e. The highest BCUT2D eigenvalue weighted by molar-refractivity contribution is 6.36. The Bertz CT molecular complexity index is 1610. The molecule has 9 nitrogen and oxygen atoms in total. The van der Waals surface area contributed by atoms with Crippen molar-refractivity contribution in [3.8, 4) is 6.01 Å². The molecule has 2 aromatic carbocycles. The van der Waals surface area contributed by atoms with Gasteiger partial charge in [0.25, 0.3) is 5.91 Å². The number of benzene rings is 2. The van der Waals surface area contributed by atoms with Gasteiger partial charge in [0, 0.05) is 55.3 Å². The lowest BCUT2D eigenvalue weighted by molar-refractivity contribution is -0.131. The monoisotopic (exact) mass is 608 g/mol. The Kier molecular flexibility index (Phi) is 8.32. The van der Waals surface area contributed by atoms with E-state index in [2.05, 4.69) is 16.3 Å². The summed E-state index contributed by atoms with van der Waals surface area (Å²) in [5.41, 5.74) is 2.53. The van der Waals surface area contributed by atoms with E-state index in [1.54, 1.807) is 6.07 Å². The van der Waals surface area contributed by atoms with Crippen LogP contribution >= 0.6 is 11.6 Å². The van der Waals surface area contributed by atoms with Crippen LogP contribution in [0.2, 0.25) is 5.02 Å². The van der Waals surface area contributed by atoms with Crippen LogP contribution in [0.5, 0.6) is 6.01 Å². The molecule has 0 bridgehead atoms. The van der Waals surface area contributed by atoms with Crippen LogP contribution in [0, 0.1) is 18.3 Å². The standard InChI is InChI=1S/C31H31ClF2N6O3/c1-19(33)30(41)40-12-11-39(15-22(40)14-35-2)29-23-8-10-38(26-5-3-4-21-6-7-24(34)28(32)27(21)26)16-25(23)36-31(37-29)43-18-20-9-13-42-17-20/h3-7,20,22H,1,8-18H2/t20?,22-/m0/s1. The molecule has 0 N–H and O–H groups in total. The van der Waals surface area contributed by atoms with Crippen molar-refractivity contribution in [3.63, 3.8) is 0 Å². The van der Waals surface area contributed by atoms with Gasteiger partial charge in [0.1, 0.15) is 17.7 Å². The molecule has 6 rings (SSSR count). The normalized spacial score (nSPS) is 20.2. The minimum Gasteiger partial charge on any atom is -0.463 e. The van der Waals surface area contributed by atoms with E-state index in [-0.39, 0.29) is 30.0 Å². The highest BCUT2D eigenvalue weighted by Gasteiger charge is 2.36.